The molecule has 0 aliphatic carbocycles. The molecule has 3 N–H and O–H groups in total. The molecule has 200 valence electrons. The third-order valence-electron chi connectivity index (χ3n) is 6.46. The van der Waals surface area contributed by atoms with Gasteiger partial charge >= 0.3 is 0 Å². The van der Waals surface area contributed by atoms with E-state index < -0.39 is 0 Å². The first kappa shape index (κ1) is 29.5. The molecule has 0 radical (unpaired) electrons. The lowest BCUT2D eigenvalue weighted by atomic mass is 10.0. The van der Waals surface area contributed by atoms with Crippen molar-refractivity contribution in [1.82, 2.24) is 10.6 Å². The molecule has 0 bridgehead atoms. The molecule has 36 heavy (non-hydrogen) atoms. The van der Waals surface area contributed by atoms with Crippen molar-refractivity contribution in [3.63, 3.8) is 0 Å². The molecule has 1 aromatic carbocycles. The summed E-state index contributed by atoms with van der Waals surface area (Å²) in [6.45, 7) is 3.58. The highest BCUT2D eigenvalue weighted by molar-refractivity contribution is 5.94. The summed E-state index contributed by atoms with van der Waals surface area (Å²) in [4.78, 5) is 24.3. The van der Waals surface area contributed by atoms with Gasteiger partial charge in [0.25, 0.3) is 5.91 Å². The van der Waals surface area contributed by atoms with Gasteiger partial charge in [0.1, 0.15) is 5.76 Å². The van der Waals surface area contributed by atoms with Crippen LogP contribution in [0.25, 0.3) is 0 Å². The Hall–Kier alpha value is -2.76. The maximum absolute atomic E-state index is 12.2. The van der Waals surface area contributed by atoms with Gasteiger partial charge < -0.3 is 20.4 Å². The second-order valence-electron chi connectivity index (χ2n) is 9.64. The SMILES string of the molecule is CCCCCCCCCCCCCCCCNC(=O)CNc1ccc(C(=O)NCc2ccco2)cc1. The van der Waals surface area contributed by atoms with Gasteiger partial charge in [-0.3, -0.25) is 9.59 Å². The number of nitrogens with one attached hydrogen (secondary N) is 3. The van der Waals surface area contributed by atoms with Gasteiger partial charge in [-0.25, -0.2) is 0 Å². The smallest absolute Gasteiger partial charge is 0.251 e. The predicted octanol–water partition coefficient (Wildman–Crippen LogP) is 7.22. The number of hydrogen-bond donors (Lipinski definition) is 3. The third kappa shape index (κ3) is 14.0. The third-order valence-corrected chi connectivity index (χ3v) is 6.46. The van der Waals surface area contributed by atoms with Gasteiger partial charge in [0.05, 0.1) is 19.4 Å². The predicted molar refractivity (Wildman–Crippen MR) is 148 cm³/mol. The number of amides is 2. The number of benzene rings is 1. The van der Waals surface area contributed by atoms with E-state index in [4.69, 9.17) is 4.42 Å². The minimum Gasteiger partial charge on any atom is -0.467 e. The molecule has 0 fully saturated rings. The molecule has 0 unspecified atom stereocenters. The quantitative estimate of drug-likeness (QED) is 0.159. The zero-order valence-electron chi connectivity index (χ0n) is 22.3. The molecule has 1 heterocycles. The van der Waals surface area contributed by atoms with Crippen molar-refractivity contribution in [3.8, 4) is 0 Å². The molecule has 2 amide bonds. The second-order valence-corrected chi connectivity index (χ2v) is 9.64. The highest BCUT2D eigenvalue weighted by atomic mass is 16.3. The zero-order chi connectivity index (χ0) is 25.7. The summed E-state index contributed by atoms with van der Waals surface area (Å²) in [6, 6.07) is 10.7. The maximum Gasteiger partial charge on any atom is 0.251 e. The first-order chi connectivity index (χ1) is 17.7. The van der Waals surface area contributed by atoms with E-state index in [-0.39, 0.29) is 18.4 Å². The first-order valence-corrected chi connectivity index (χ1v) is 14.1. The highest BCUT2D eigenvalue weighted by Crippen LogP contribution is 2.13. The van der Waals surface area contributed by atoms with Crippen LogP contribution in [0.4, 0.5) is 5.69 Å². The summed E-state index contributed by atoms with van der Waals surface area (Å²) in [6.07, 6.45) is 20.2. The summed E-state index contributed by atoms with van der Waals surface area (Å²) in [5, 5.41) is 8.91. The van der Waals surface area contributed by atoms with Crippen molar-refractivity contribution in [3.05, 3.63) is 54.0 Å². The Kier molecular flexibility index (Phi) is 15.9. The van der Waals surface area contributed by atoms with Gasteiger partial charge in [-0.15, -0.1) is 0 Å². The van der Waals surface area contributed by atoms with Crippen LogP contribution in [0, 0.1) is 0 Å². The highest BCUT2D eigenvalue weighted by Gasteiger charge is 2.07. The van der Waals surface area contributed by atoms with Crippen LogP contribution in [0.2, 0.25) is 0 Å². The minimum atomic E-state index is -0.163. The molecule has 0 atom stereocenters. The van der Waals surface area contributed by atoms with Crippen molar-refractivity contribution in [1.29, 1.82) is 0 Å². The van der Waals surface area contributed by atoms with E-state index in [2.05, 4.69) is 22.9 Å². The van der Waals surface area contributed by atoms with Crippen LogP contribution in [0.5, 0.6) is 0 Å². The lowest BCUT2D eigenvalue weighted by molar-refractivity contribution is -0.119. The average Bonchev–Trinajstić information content (AvgIpc) is 3.42. The zero-order valence-corrected chi connectivity index (χ0v) is 22.3. The molecule has 0 saturated carbocycles. The Morgan fingerprint density at radius 3 is 1.86 bits per heavy atom. The lowest BCUT2D eigenvalue weighted by Gasteiger charge is -2.09. The van der Waals surface area contributed by atoms with E-state index in [1.165, 1.54) is 83.5 Å². The average molecular weight is 498 g/mol. The largest absolute Gasteiger partial charge is 0.467 e. The van der Waals surface area contributed by atoms with Crippen molar-refractivity contribution in [2.24, 2.45) is 0 Å². The fourth-order valence-electron chi connectivity index (χ4n) is 4.21. The maximum atomic E-state index is 12.2. The molecule has 2 aromatic rings. The van der Waals surface area contributed by atoms with Gasteiger partial charge in [0.15, 0.2) is 0 Å². The number of furan rings is 1. The van der Waals surface area contributed by atoms with Crippen LogP contribution in [0.1, 0.15) is 113 Å². The summed E-state index contributed by atoms with van der Waals surface area (Å²) in [5.41, 5.74) is 1.37. The minimum absolute atomic E-state index is 0.00929. The Bertz CT molecular complexity index is 818. The molecule has 6 nitrogen and oxygen atoms in total. The number of carbonyl (C=O) groups excluding carboxylic acids is 2. The molecule has 0 spiro atoms. The number of unbranched alkanes of at least 4 members (excludes halogenated alkanes) is 13. The van der Waals surface area contributed by atoms with Crippen LogP contribution in [0.15, 0.2) is 47.1 Å². The van der Waals surface area contributed by atoms with E-state index in [1.54, 1.807) is 24.5 Å². The first-order valence-electron chi connectivity index (χ1n) is 14.1. The van der Waals surface area contributed by atoms with E-state index in [9.17, 15) is 9.59 Å². The van der Waals surface area contributed by atoms with E-state index in [0.717, 1.165) is 18.7 Å². The summed E-state index contributed by atoms with van der Waals surface area (Å²) in [7, 11) is 0. The number of anilines is 1. The fraction of sp³-hybridized carbons (Fsp3) is 0.600. The Morgan fingerprint density at radius 1 is 0.722 bits per heavy atom. The molecule has 0 saturated heterocycles. The van der Waals surface area contributed by atoms with E-state index >= 15 is 0 Å². The standard InChI is InChI=1S/C30H47N3O3/c1-2-3-4-5-6-7-8-9-10-11-12-13-14-15-22-31-29(34)25-32-27-20-18-26(19-21-27)30(35)33-24-28-17-16-23-36-28/h16-21,23,32H,2-15,22,24-25H2,1H3,(H,31,34)(H,33,35). The van der Waals surface area contributed by atoms with Crippen LogP contribution in [-0.2, 0) is 11.3 Å². The van der Waals surface area contributed by atoms with Crippen LogP contribution in [0.3, 0.4) is 0 Å². The van der Waals surface area contributed by atoms with Gasteiger partial charge in [0.2, 0.25) is 5.91 Å². The molecule has 0 aliphatic heterocycles. The summed E-state index contributed by atoms with van der Waals surface area (Å²) >= 11 is 0. The van der Waals surface area contributed by atoms with Gasteiger partial charge in [-0.2, -0.15) is 0 Å². The van der Waals surface area contributed by atoms with Crippen LogP contribution >= 0.6 is 0 Å². The van der Waals surface area contributed by atoms with Gasteiger partial charge in [-0.1, -0.05) is 90.4 Å². The fourth-order valence-corrected chi connectivity index (χ4v) is 4.21. The number of carbonyl (C=O) groups is 2. The topological polar surface area (TPSA) is 83.4 Å². The molecule has 6 heteroatoms. The Balaban J connectivity index is 1.40. The molecular formula is C30H47N3O3. The molecular weight excluding hydrogens is 450 g/mol. The van der Waals surface area contributed by atoms with Crippen molar-refractivity contribution in [2.45, 2.75) is 103 Å². The van der Waals surface area contributed by atoms with Gasteiger partial charge in [0, 0.05) is 17.8 Å². The second kappa shape index (κ2) is 19.4. The Morgan fingerprint density at radius 2 is 1.31 bits per heavy atom. The Labute approximate surface area is 218 Å². The molecule has 0 aliphatic rings. The van der Waals surface area contributed by atoms with Crippen molar-refractivity contribution < 1.29 is 14.0 Å². The van der Waals surface area contributed by atoms with Gasteiger partial charge in [-0.05, 0) is 42.8 Å². The lowest BCUT2D eigenvalue weighted by Crippen LogP contribution is -2.30. The molecule has 2 rings (SSSR count). The monoisotopic (exact) mass is 497 g/mol. The summed E-state index contributed by atoms with van der Waals surface area (Å²) < 4.78 is 5.21. The number of rotatable bonds is 21. The van der Waals surface area contributed by atoms with E-state index in [0.29, 0.717) is 17.9 Å². The van der Waals surface area contributed by atoms with Crippen molar-refractivity contribution in [2.75, 3.05) is 18.4 Å². The summed E-state index contributed by atoms with van der Waals surface area (Å²) in [5.74, 6) is 0.538. The van der Waals surface area contributed by atoms with Crippen molar-refractivity contribution >= 4 is 17.5 Å². The van der Waals surface area contributed by atoms with Crippen LogP contribution in [-0.4, -0.2) is 24.9 Å². The molecule has 1 aromatic heterocycles. The van der Waals surface area contributed by atoms with E-state index in [1.807, 2.05) is 18.2 Å². The van der Waals surface area contributed by atoms with Crippen LogP contribution < -0.4 is 16.0 Å². The normalized spacial score (nSPS) is 10.8. The number of hydrogen-bond acceptors (Lipinski definition) is 4.